The fourth-order valence-corrected chi connectivity index (χ4v) is 6.38. The number of ether oxygens (including phenoxy) is 5. The molecule has 9 heteroatoms. The molecule has 0 amide bonds. The molecular weight excluding hydrogens is 456 g/mol. The van der Waals surface area contributed by atoms with Gasteiger partial charge < -0.3 is 33.9 Å². The van der Waals surface area contributed by atoms with E-state index in [4.69, 9.17) is 23.7 Å². The molecular formula is C26H36O9. The van der Waals surface area contributed by atoms with Crippen molar-refractivity contribution >= 4 is 11.9 Å². The van der Waals surface area contributed by atoms with E-state index in [0.29, 0.717) is 11.5 Å². The van der Waals surface area contributed by atoms with Gasteiger partial charge in [-0.2, -0.15) is 0 Å². The third-order valence-corrected chi connectivity index (χ3v) is 8.44. The normalized spacial score (nSPS) is 39.8. The molecule has 1 aromatic rings. The van der Waals surface area contributed by atoms with Crippen molar-refractivity contribution in [2.75, 3.05) is 14.2 Å². The van der Waals surface area contributed by atoms with E-state index >= 15 is 0 Å². The van der Waals surface area contributed by atoms with Crippen molar-refractivity contribution < 1.29 is 43.5 Å². The molecule has 1 aromatic carbocycles. The number of benzene rings is 1. The zero-order chi connectivity index (χ0) is 25.9. The van der Waals surface area contributed by atoms with Gasteiger partial charge in [-0.05, 0) is 31.0 Å². The van der Waals surface area contributed by atoms with E-state index < -0.39 is 58.9 Å². The first-order valence-electron chi connectivity index (χ1n) is 12.0. The predicted molar refractivity (Wildman–Crippen MR) is 124 cm³/mol. The number of aliphatic hydroxyl groups is 2. The number of rotatable bonds is 6. The number of carbonyl (C=O) groups is 2. The summed E-state index contributed by atoms with van der Waals surface area (Å²) < 4.78 is 28.2. The Bertz CT molecular complexity index is 1010. The summed E-state index contributed by atoms with van der Waals surface area (Å²) in [6.07, 6.45) is -2.72. The minimum Gasteiger partial charge on any atom is -0.493 e. The van der Waals surface area contributed by atoms with Crippen LogP contribution in [0.2, 0.25) is 0 Å². The third-order valence-electron chi connectivity index (χ3n) is 8.44. The average Bonchev–Trinajstić information content (AvgIpc) is 3.40. The highest BCUT2D eigenvalue weighted by Crippen LogP contribution is 2.64. The average molecular weight is 493 g/mol. The highest BCUT2D eigenvalue weighted by molar-refractivity contribution is 5.90. The summed E-state index contributed by atoms with van der Waals surface area (Å²) >= 11 is 0. The van der Waals surface area contributed by atoms with Crippen molar-refractivity contribution in [1.29, 1.82) is 0 Å². The van der Waals surface area contributed by atoms with E-state index in [1.807, 2.05) is 20.8 Å². The number of carbonyl (C=O) groups excluding carboxylic acids is 2. The fourth-order valence-electron chi connectivity index (χ4n) is 6.38. The summed E-state index contributed by atoms with van der Waals surface area (Å²) in [7, 11) is 2.99. The maximum absolute atomic E-state index is 13.3. The van der Waals surface area contributed by atoms with E-state index in [1.54, 1.807) is 19.1 Å². The molecule has 3 aliphatic rings. The molecule has 8 atom stereocenters. The zero-order valence-corrected chi connectivity index (χ0v) is 21.4. The van der Waals surface area contributed by atoms with Crippen molar-refractivity contribution in [2.24, 2.45) is 17.3 Å². The number of methoxy groups -OCH3 is 2. The largest absolute Gasteiger partial charge is 0.493 e. The van der Waals surface area contributed by atoms with E-state index in [-0.39, 0.29) is 24.3 Å². The number of esters is 2. The second-order valence-electron chi connectivity index (χ2n) is 10.8. The first kappa shape index (κ1) is 25.7. The van der Waals surface area contributed by atoms with Crippen LogP contribution in [-0.2, 0) is 19.0 Å². The van der Waals surface area contributed by atoms with Gasteiger partial charge in [0.2, 0.25) is 0 Å². The molecule has 0 aromatic heterocycles. The number of fused-ring (bicyclic) bond motifs is 2. The molecule has 0 radical (unpaired) electrons. The number of epoxide rings is 1. The Balaban J connectivity index is 1.76. The van der Waals surface area contributed by atoms with Gasteiger partial charge in [0.25, 0.3) is 0 Å². The van der Waals surface area contributed by atoms with Crippen LogP contribution < -0.4 is 9.47 Å². The van der Waals surface area contributed by atoms with Crippen LogP contribution in [-0.4, -0.2) is 72.0 Å². The van der Waals surface area contributed by atoms with Crippen LogP contribution in [0, 0.1) is 17.3 Å². The van der Waals surface area contributed by atoms with Crippen LogP contribution in [0.5, 0.6) is 11.5 Å². The van der Waals surface area contributed by atoms with Gasteiger partial charge in [0.1, 0.15) is 18.3 Å². The van der Waals surface area contributed by atoms with Gasteiger partial charge in [0.15, 0.2) is 11.5 Å². The van der Waals surface area contributed by atoms with Gasteiger partial charge in [0, 0.05) is 31.1 Å². The Morgan fingerprint density at radius 2 is 1.74 bits per heavy atom. The SMILES string of the molecule is COc1ccc(C(=O)O[C@@H]2C[C@]3(C)O[C@@H]3[C@H](O)[C@@]3(C)[C@@H](OC(C)=O)C[C@](O)(C(C)C)[C@@H]23)cc1OC. The molecule has 0 bridgehead atoms. The highest BCUT2D eigenvalue weighted by atomic mass is 16.6. The monoisotopic (exact) mass is 492 g/mol. The highest BCUT2D eigenvalue weighted by Gasteiger charge is 2.75. The molecule has 1 aliphatic heterocycles. The summed E-state index contributed by atoms with van der Waals surface area (Å²) in [6, 6.07) is 4.74. The summed E-state index contributed by atoms with van der Waals surface area (Å²) in [5.41, 5.74) is -2.93. The fraction of sp³-hybridized carbons (Fsp3) is 0.692. The molecule has 0 spiro atoms. The molecule has 0 unspecified atom stereocenters. The minimum absolute atomic E-state index is 0.121. The number of aliphatic hydroxyl groups excluding tert-OH is 1. The standard InChI is InChI=1S/C26H36O9/c1-13(2)26(30)12-19(33-14(3)27)25(5)20(26)18(11-24(4)22(35-24)21(25)28)34-23(29)15-8-9-16(31-6)17(10-15)32-7/h8-10,13,18-22,28,30H,11-12H2,1-7H3/t18-,19+,20+,21+,22-,24+,25+,26+/m1/s1. The minimum atomic E-state index is -1.36. The molecule has 9 nitrogen and oxygen atoms in total. The predicted octanol–water partition coefficient (Wildman–Crippen LogP) is 2.50. The van der Waals surface area contributed by atoms with Crippen molar-refractivity contribution in [3.05, 3.63) is 23.8 Å². The Labute approximate surface area is 205 Å². The lowest BCUT2D eigenvalue weighted by Gasteiger charge is -2.45. The van der Waals surface area contributed by atoms with E-state index in [9.17, 15) is 19.8 Å². The first-order valence-corrected chi connectivity index (χ1v) is 12.0. The number of hydrogen-bond donors (Lipinski definition) is 2. The third kappa shape index (κ3) is 3.97. The topological polar surface area (TPSA) is 124 Å². The summed E-state index contributed by atoms with van der Waals surface area (Å²) in [6.45, 7) is 8.71. The lowest BCUT2D eigenvalue weighted by molar-refractivity contribution is -0.168. The summed E-state index contributed by atoms with van der Waals surface area (Å²) in [5.74, 6) is -1.20. The second kappa shape index (κ2) is 8.64. The Morgan fingerprint density at radius 1 is 1.09 bits per heavy atom. The lowest BCUT2D eigenvalue weighted by Crippen LogP contribution is -2.55. The molecule has 2 saturated carbocycles. The van der Waals surface area contributed by atoms with Crippen molar-refractivity contribution in [3.8, 4) is 11.5 Å². The van der Waals surface area contributed by atoms with E-state index in [2.05, 4.69) is 0 Å². The summed E-state index contributed by atoms with van der Waals surface area (Å²) in [4.78, 5) is 25.3. The van der Waals surface area contributed by atoms with E-state index in [0.717, 1.165) is 0 Å². The van der Waals surface area contributed by atoms with Crippen LogP contribution >= 0.6 is 0 Å². The van der Waals surface area contributed by atoms with Gasteiger partial charge >= 0.3 is 11.9 Å². The first-order chi connectivity index (χ1) is 16.3. The van der Waals surface area contributed by atoms with Crippen LogP contribution in [0.4, 0.5) is 0 Å². The molecule has 35 heavy (non-hydrogen) atoms. The van der Waals surface area contributed by atoms with E-state index in [1.165, 1.54) is 27.2 Å². The van der Waals surface area contributed by atoms with Gasteiger partial charge in [-0.1, -0.05) is 20.8 Å². The lowest BCUT2D eigenvalue weighted by atomic mass is 9.66. The van der Waals surface area contributed by atoms with Crippen LogP contribution in [0.25, 0.3) is 0 Å². The van der Waals surface area contributed by atoms with Crippen molar-refractivity contribution in [3.63, 3.8) is 0 Å². The van der Waals surface area contributed by atoms with Crippen LogP contribution in [0.1, 0.15) is 57.8 Å². The molecule has 1 saturated heterocycles. The molecule has 2 aliphatic carbocycles. The Morgan fingerprint density at radius 3 is 2.31 bits per heavy atom. The molecule has 1 heterocycles. The Hall–Kier alpha value is -2.36. The Kier molecular flexibility index (Phi) is 6.35. The smallest absolute Gasteiger partial charge is 0.338 e. The van der Waals surface area contributed by atoms with Crippen molar-refractivity contribution in [1.82, 2.24) is 0 Å². The quantitative estimate of drug-likeness (QED) is 0.455. The second-order valence-corrected chi connectivity index (χ2v) is 10.8. The van der Waals surface area contributed by atoms with Crippen LogP contribution in [0.15, 0.2) is 18.2 Å². The summed E-state index contributed by atoms with van der Waals surface area (Å²) in [5, 5.41) is 23.5. The van der Waals surface area contributed by atoms with Crippen molar-refractivity contribution in [2.45, 2.75) is 83.1 Å². The molecule has 4 rings (SSSR count). The van der Waals surface area contributed by atoms with Gasteiger partial charge in [0.05, 0.1) is 37.1 Å². The number of hydrogen-bond acceptors (Lipinski definition) is 9. The van der Waals surface area contributed by atoms with Gasteiger partial charge in [-0.25, -0.2) is 4.79 Å². The maximum Gasteiger partial charge on any atom is 0.338 e. The zero-order valence-electron chi connectivity index (χ0n) is 21.4. The van der Waals surface area contributed by atoms with Gasteiger partial charge in [-0.3, -0.25) is 4.79 Å². The molecule has 194 valence electrons. The maximum atomic E-state index is 13.3. The molecule has 3 fully saturated rings. The van der Waals surface area contributed by atoms with Gasteiger partial charge in [-0.15, -0.1) is 0 Å². The molecule has 2 N–H and O–H groups in total. The van der Waals surface area contributed by atoms with Crippen LogP contribution in [0.3, 0.4) is 0 Å².